The first-order valence-electron chi connectivity index (χ1n) is 5.03. The van der Waals surface area contributed by atoms with Gasteiger partial charge in [-0.25, -0.2) is 0 Å². The van der Waals surface area contributed by atoms with E-state index in [0.29, 0.717) is 5.56 Å². The number of hydrogen-bond donors (Lipinski definition) is 1. The maximum Gasteiger partial charge on any atom is 0.255 e. The molecule has 0 saturated heterocycles. The second-order valence-corrected chi connectivity index (χ2v) is 4.54. The Morgan fingerprint density at radius 2 is 1.80 bits per heavy atom. The quantitative estimate of drug-likeness (QED) is 0.786. The average molecular weight is 203 g/mol. The maximum atomic E-state index is 11.6. The number of carbonyl (C=O) groups is 1. The molecular formula is C13H17NO. The zero-order chi connectivity index (χ0) is 11.3. The molecule has 0 aliphatic rings. The van der Waals surface area contributed by atoms with Crippen molar-refractivity contribution in [3.63, 3.8) is 0 Å². The van der Waals surface area contributed by atoms with Gasteiger partial charge in [-0.05, 0) is 17.5 Å². The van der Waals surface area contributed by atoms with Crippen molar-refractivity contribution in [3.05, 3.63) is 48.2 Å². The van der Waals surface area contributed by atoms with E-state index < -0.39 is 0 Å². The van der Waals surface area contributed by atoms with Crippen LogP contribution in [0.4, 0.5) is 0 Å². The molecule has 2 nitrogen and oxygen atoms in total. The van der Waals surface area contributed by atoms with Gasteiger partial charge in [0, 0.05) is 11.8 Å². The molecule has 0 bridgehead atoms. The largest absolute Gasteiger partial charge is 0.329 e. The molecule has 1 aromatic carbocycles. The summed E-state index contributed by atoms with van der Waals surface area (Å²) < 4.78 is 0. The van der Waals surface area contributed by atoms with Gasteiger partial charge in [0.15, 0.2) is 0 Å². The predicted octanol–water partition coefficient (Wildman–Crippen LogP) is 2.98. The minimum Gasteiger partial charge on any atom is -0.329 e. The standard InChI is InChI=1S/C13H17NO/c1-13(2,3)9-10-14-12(15)11-7-5-4-6-8-11/h4-10H,1-3H3,(H,14,15)/b10-9+. The Kier molecular flexibility index (Phi) is 3.67. The molecule has 2 heteroatoms. The van der Waals surface area contributed by atoms with Crippen LogP contribution in [0.1, 0.15) is 31.1 Å². The summed E-state index contributed by atoms with van der Waals surface area (Å²) in [4.78, 5) is 11.6. The lowest BCUT2D eigenvalue weighted by atomic mass is 9.97. The molecule has 15 heavy (non-hydrogen) atoms. The van der Waals surface area contributed by atoms with Crippen LogP contribution in [0, 0.1) is 5.41 Å². The maximum absolute atomic E-state index is 11.6. The normalized spacial score (nSPS) is 11.7. The zero-order valence-corrected chi connectivity index (χ0v) is 9.45. The van der Waals surface area contributed by atoms with Gasteiger partial charge in [-0.2, -0.15) is 0 Å². The summed E-state index contributed by atoms with van der Waals surface area (Å²) in [6.07, 6.45) is 3.67. The minimum absolute atomic E-state index is 0.0731. The lowest BCUT2D eigenvalue weighted by molar-refractivity contribution is 0.0970. The van der Waals surface area contributed by atoms with Crippen LogP contribution in [0.15, 0.2) is 42.6 Å². The fraction of sp³-hybridized carbons (Fsp3) is 0.308. The highest BCUT2D eigenvalue weighted by atomic mass is 16.1. The Morgan fingerprint density at radius 3 is 2.33 bits per heavy atom. The monoisotopic (exact) mass is 203 g/mol. The van der Waals surface area contributed by atoms with Crippen molar-refractivity contribution in [1.29, 1.82) is 0 Å². The molecule has 0 aliphatic carbocycles. The van der Waals surface area contributed by atoms with Gasteiger partial charge < -0.3 is 5.32 Å². The summed E-state index contributed by atoms with van der Waals surface area (Å²) in [7, 11) is 0. The molecule has 1 rings (SSSR count). The Hall–Kier alpha value is -1.57. The summed E-state index contributed by atoms with van der Waals surface area (Å²) in [6.45, 7) is 6.24. The number of allylic oxidation sites excluding steroid dienone is 1. The van der Waals surface area contributed by atoms with E-state index in [9.17, 15) is 4.79 Å². The molecule has 0 saturated carbocycles. The van der Waals surface area contributed by atoms with Crippen molar-refractivity contribution < 1.29 is 4.79 Å². The van der Waals surface area contributed by atoms with Crippen LogP contribution in [-0.4, -0.2) is 5.91 Å². The summed E-state index contributed by atoms with van der Waals surface area (Å²) in [5.41, 5.74) is 0.764. The second kappa shape index (κ2) is 4.78. The third kappa shape index (κ3) is 4.45. The highest BCUT2D eigenvalue weighted by molar-refractivity contribution is 5.94. The topological polar surface area (TPSA) is 29.1 Å². The van der Waals surface area contributed by atoms with E-state index in [1.54, 1.807) is 18.3 Å². The molecule has 0 aromatic heterocycles. The van der Waals surface area contributed by atoms with E-state index in [0.717, 1.165) is 0 Å². The Bertz CT molecular complexity index is 347. The average Bonchev–Trinajstić information content (AvgIpc) is 2.17. The first-order chi connectivity index (χ1) is 6.99. The van der Waals surface area contributed by atoms with Gasteiger partial charge in [0.2, 0.25) is 0 Å². The molecule has 0 radical (unpaired) electrons. The van der Waals surface area contributed by atoms with Crippen LogP contribution < -0.4 is 5.32 Å². The highest BCUT2D eigenvalue weighted by Gasteiger charge is 2.05. The number of carbonyl (C=O) groups excluding carboxylic acids is 1. The highest BCUT2D eigenvalue weighted by Crippen LogP contribution is 2.13. The number of nitrogens with one attached hydrogen (secondary N) is 1. The Labute approximate surface area is 91.0 Å². The van der Waals surface area contributed by atoms with Crippen molar-refractivity contribution in [1.82, 2.24) is 5.32 Å². The lowest BCUT2D eigenvalue weighted by Crippen LogP contribution is -2.17. The summed E-state index contributed by atoms with van der Waals surface area (Å²) >= 11 is 0. The van der Waals surface area contributed by atoms with Crippen molar-refractivity contribution in [2.75, 3.05) is 0 Å². The molecule has 1 aromatic rings. The van der Waals surface area contributed by atoms with Gasteiger partial charge in [-0.1, -0.05) is 45.0 Å². The van der Waals surface area contributed by atoms with E-state index in [1.165, 1.54) is 0 Å². The molecule has 0 heterocycles. The molecule has 0 aliphatic heterocycles. The summed E-state index contributed by atoms with van der Waals surface area (Å²) in [5, 5.41) is 2.74. The number of amides is 1. The van der Waals surface area contributed by atoms with Crippen LogP contribution in [0.5, 0.6) is 0 Å². The van der Waals surface area contributed by atoms with E-state index in [2.05, 4.69) is 26.1 Å². The fourth-order valence-electron chi connectivity index (χ4n) is 1.04. The SMILES string of the molecule is CC(C)(C)/C=C/NC(=O)c1ccccc1. The number of rotatable bonds is 2. The van der Waals surface area contributed by atoms with E-state index in [1.807, 2.05) is 24.3 Å². The molecule has 0 spiro atoms. The summed E-state index contributed by atoms with van der Waals surface area (Å²) in [6, 6.07) is 9.17. The van der Waals surface area contributed by atoms with Crippen molar-refractivity contribution in [2.45, 2.75) is 20.8 Å². The van der Waals surface area contributed by atoms with Gasteiger partial charge >= 0.3 is 0 Å². The lowest BCUT2D eigenvalue weighted by Gasteiger charge is -2.11. The van der Waals surface area contributed by atoms with E-state index >= 15 is 0 Å². The minimum atomic E-state index is -0.0731. The first-order valence-corrected chi connectivity index (χ1v) is 5.03. The molecule has 80 valence electrons. The predicted molar refractivity (Wildman–Crippen MR) is 62.5 cm³/mol. The molecule has 1 N–H and O–H groups in total. The van der Waals surface area contributed by atoms with Gasteiger partial charge in [-0.3, -0.25) is 4.79 Å². The van der Waals surface area contributed by atoms with Gasteiger partial charge in [0.1, 0.15) is 0 Å². The van der Waals surface area contributed by atoms with Crippen LogP contribution in [-0.2, 0) is 0 Å². The van der Waals surface area contributed by atoms with Crippen LogP contribution >= 0.6 is 0 Å². The molecule has 1 amide bonds. The van der Waals surface area contributed by atoms with Crippen molar-refractivity contribution >= 4 is 5.91 Å². The van der Waals surface area contributed by atoms with Gasteiger partial charge in [0.05, 0.1) is 0 Å². The van der Waals surface area contributed by atoms with Crippen molar-refractivity contribution in [2.24, 2.45) is 5.41 Å². The molecular weight excluding hydrogens is 186 g/mol. The van der Waals surface area contributed by atoms with Crippen LogP contribution in [0.3, 0.4) is 0 Å². The Balaban J connectivity index is 2.55. The zero-order valence-electron chi connectivity index (χ0n) is 9.45. The molecule has 0 unspecified atom stereocenters. The van der Waals surface area contributed by atoms with Crippen molar-refractivity contribution in [3.8, 4) is 0 Å². The summed E-state index contributed by atoms with van der Waals surface area (Å²) in [5.74, 6) is -0.0731. The second-order valence-electron chi connectivity index (χ2n) is 4.54. The molecule has 0 fully saturated rings. The van der Waals surface area contributed by atoms with Gasteiger partial charge in [-0.15, -0.1) is 0 Å². The smallest absolute Gasteiger partial charge is 0.255 e. The molecule has 0 atom stereocenters. The first kappa shape index (κ1) is 11.5. The number of hydrogen-bond acceptors (Lipinski definition) is 1. The van der Waals surface area contributed by atoms with Crippen LogP contribution in [0.25, 0.3) is 0 Å². The van der Waals surface area contributed by atoms with E-state index in [4.69, 9.17) is 0 Å². The number of benzene rings is 1. The van der Waals surface area contributed by atoms with Crippen LogP contribution in [0.2, 0.25) is 0 Å². The fourth-order valence-corrected chi connectivity index (χ4v) is 1.04. The third-order valence-corrected chi connectivity index (χ3v) is 1.83. The van der Waals surface area contributed by atoms with Gasteiger partial charge in [0.25, 0.3) is 5.91 Å². The van der Waals surface area contributed by atoms with E-state index in [-0.39, 0.29) is 11.3 Å². The third-order valence-electron chi connectivity index (χ3n) is 1.83. The Morgan fingerprint density at radius 1 is 1.20 bits per heavy atom.